The number of piperidine rings is 1. The van der Waals surface area contributed by atoms with Crippen molar-refractivity contribution < 1.29 is 14.7 Å². The third kappa shape index (κ3) is 2.91. The molecule has 126 valence electrons. The molecular formula is C18H21N3O3. The lowest BCUT2D eigenvalue weighted by Gasteiger charge is -2.36. The average molecular weight is 327 g/mol. The first kappa shape index (κ1) is 16.2. The van der Waals surface area contributed by atoms with Crippen LogP contribution in [0.2, 0.25) is 0 Å². The molecule has 1 aliphatic heterocycles. The van der Waals surface area contributed by atoms with Gasteiger partial charge >= 0.3 is 5.97 Å². The summed E-state index contributed by atoms with van der Waals surface area (Å²) in [6.45, 7) is 2.52. The molecule has 6 heteroatoms. The van der Waals surface area contributed by atoms with Crippen molar-refractivity contribution in [1.29, 1.82) is 0 Å². The molecular weight excluding hydrogens is 306 g/mol. The minimum absolute atomic E-state index is 0.0959. The van der Waals surface area contributed by atoms with Gasteiger partial charge in [0.1, 0.15) is 11.4 Å². The molecule has 0 bridgehead atoms. The van der Waals surface area contributed by atoms with E-state index in [1.54, 1.807) is 23.7 Å². The molecule has 24 heavy (non-hydrogen) atoms. The number of likely N-dealkylation sites (tertiary alicyclic amines) is 1. The Morgan fingerprint density at radius 1 is 1.21 bits per heavy atom. The number of carbonyl (C=O) groups is 2. The number of aromatic carboxylic acids is 1. The van der Waals surface area contributed by atoms with E-state index in [0.717, 1.165) is 30.7 Å². The monoisotopic (exact) mass is 327 g/mol. The number of amides is 1. The normalized spacial score (nSPS) is 17.8. The minimum atomic E-state index is -0.960. The standard InChI is InChI=1S/C18H21N3O3/c1-12-6-5-7-13(19-12)17(22)21-11-4-3-8-15(21)14-9-10-16(18(23)24)20(14)2/h5-7,9-10,15H,3-4,8,11H2,1-2H3,(H,23,24). The number of pyridine rings is 1. The molecule has 1 N–H and O–H groups in total. The molecule has 1 fully saturated rings. The highest BCUT2D eigenvalue weighted by molar-refractivity contribution is 5.92. The van der Waals surface area contributed by atoms with Crippen LogP contribution in [0.25, 0.3) is 0 Å². The summed E-state index contributed by atoms with van der Waals surface area (Å²) in [5, 5.41) is 9.25. The largest absolute Gasteiger partial charge is 0.477 e. The van der Waals surface area contributed by atoms with Crippen molar-refractivity contribution in [2.45, 2.75) is 32.2 Å². The Morgan fingerprint density at radius 3 is 2.67 bits per heavy atom. The lowest BCUT2D eigenvalue weighted by molar-refractivity contribution is 0.0595. The van der Waals surface area contributed by atoms with E-state index >= 15 is 0 Å². The number of hydrogen-bond acceptors (Lipinski definition) is 3. The second-order valence-electron chi connectivity index (χ2n) is 6.18. The van der Waals surface area contributed by atoms with Gasteiger partial charge in [0.05, 0.1) is 6.04 Å². The molecule has 1 atom stereocenters. The summed E-state index contributed by atoms with van der Waals surface area (Å²) >= 11 is 0. The summed E-state index contributed by atoms with van der Waals surface area (Å²) in [6.07, 6.45) is 2.79. The van der Waals surface area contributed by atoms with Gasteiger partial charge in [-0.1, -0.05) is 6.07 Å². The van der Waals surface area contributed by atoms with Gasteiger partial charge in [0, 0.05) is 25.0 Å². The number of rotatable bonds is 3. The molecule has 0 saturated carbocycles. The Morgan fingerprint density at radius 2 is 2.00 bits per heavy atom. The fourth-order valence-electron chi connectivity index (χ4n) is 3.37. The predicted octanol–water partition coefficient (Wildman–Crippen LogP) is 2.79. The quantitative estimate of drug-likeness (QED) is 0.940. The zero-order valence-electron chi connectivity index (χ0n) is 13.9. The summed E-state index contributed by atoms with van der Waals surface area (Å²) < 4.78 is 1.67. The van der Waals surface area contributed by atoms with Crippen LogP contribution in [0.5, 0.6) is 0 Å². The van der Waals surface area contributed by atoms with Gasteiger partial charge in [-0.25, -0.2) is 9.78 Å². The third-order valence-corrected chi connectivity index (χ3v) is 4.59. The van der Waals surface area contributed by atoms with E-state index in [9.17, 15) is 14.7 Å². The van der Waals surface area contributed by atoms with Gasteiger partial charge in [-0.15, -0.1) is 0 Å². The Kier molecular flexibility index (Phi) is 4.38. The highest BCUT2D eigenvalue weighted by Crippen LogP contribution is 2.32. The van der Waals surface area contributed by atoms with Crippen molar-refractivity contribution in [3.05, 3.63) is 53.1 Å². The van der Waals surface area contributed by atoms with Crippen molar-refractivity contribution in [3.8, 4) is 0 Å². The molecule has 2 aromatic heterocycles. The maximum absolute atomic E-state index is 12.9. The maximum atomic E-state index is 12.9. The summed E-state index contributed by atoms with van der Waals surface area (Å²) in [6, 6.07) is 8.71. The van der Waals surface area contributed by atoms with Gasteiger partial charge < -0.3 is 14.6 Å². The van der Waals surface area contributed by atoms with E-state index in [0.29, 0.717) is 12.2 Å². The molecule has 6 nitrogen and oxygen atoms in total. The van der Waals surface area contributed by atoms with Crippen molar-refractivity contribution in [1.82, 2.24) is 14.5 Å². The summed E-state index contributed by atoms with van der Waals surface area (Å²) in [5.74, 6) is -1.06. The van der Waals surface area contributed by atoms with E-state index in [1.165, 1.54) is 0 Å². The molecule has 1 aliphatic rings. The number of carbonyl (C=O) groups excluding carboxylic acids is 1. The van der Waals surface area contributed by atoms with Crippen molar-refractivity contribution in [2.24, 2.45) is 7.05 Å². The van der Waals surface area contributed by atoms with Crippen molar-refractivity contribution in [2.75, 3.05) is 6.54 Å². The third-order valence-electron chi connectivity index (χ3n) is 4.59. The van der Waals surface area contributed by atoms with Gasteiger partial charge in [0.15, 0.2) is 0 Å². The second-order valence-corrected chi connectivity index (χ2v) is 6.18. The zero-order valence-corrected chi connectivity index (χ0v) is 13.9. The number of aryl methyl sites for hydroxylation is 1. The van der Waals surface area contributed by atoms with Gasteiger partial charge in [0.2, 0.25) is 0 Å². The SMILES string of the molecule is Cc1cccc(C(=O)N2CCCCC2c2ccc(C(=O)O)n2C)n1. The van der Waals surface area contributed by atoms with Crippen LogP contribution < -0.4 is 0 Å². The molecule has 0 radical (unpaired) electrons. The van der Waals surface area contributed by atoms with Crippen LogP contribution in [0.1, 0.15) is 57.7 Å². The Bertz CT molecular complexity index is 782. The molecule has 0 aromatic carbocycles. The van der Waals surface area contributed by atoms with E-state index in [1.807, 2.05) is 30.0 Å². The molecule has 0 spiro atoms. The second kappa shape index (κ2) is 6.47. The topological polar surface area (TPSA) is 75.4 Å². The van der Waals surface area contributed by atoms with Gasteiger partial charge in [0.25, 0.3) is 5.91 Å². The number of carboxylic acids is 1. The number of aromatic nitrogens is 2. The maximum Gasteiger partial charge on any atom is 0.352 e. The average Bonchev–Trinajstić information content (AvgIpc) is 2.96. The highest BCUT2D eigenvalue weighted by Gasteiger charge is 2.31. The molecule has 1 saturated heterocycles. The first-order chi connectivity index (χ1) is 11.5. The fraction of sp³-hybridized carbons (Fsp3) is 0.389. The van der Waals surface area contributed by atoms with Crippen LogP contribution in [-0.4, -0.2) is 38.0 Å². The predicted molar refractivity (Wildman–Crippen MR) is 89.0 cm³/mol. The van der Waals surface area contributed by atoms with Crippen molar-refractivity contribution >= 4 is 11.9 Å². The van der Waals surface area contributed by atoms with Gasteiger partial charge in [-0.2, -0.15) is 0 Å². The fourth-order valence-corrected chi connectivity index (χ4v) is 3.37. The molecule has 1 unspecified atom stereocenters. The van der Waals surface area contributed by atoms with Crippen LogP contribution in [0, 0.1) is 6.92 Å². The highest BCUT2D eigenvalue weighted by atomic mass is 16.4. The lowest BCUT2D eigenvalue weighted by atomic mass is 9.98. The minimum Gasteiger partial charge on any atom is -0.477 e. The Balaban J connectivity index is 1.94. The summed E-state index contributed by atoms with van der Waals surface area (Å²) in [5.41, 5.74) is 2.33. The molecule has 1 amide bonds. The summed E-state index contributed by atoms with van der Waals surface area (Å²) in [4.78, 5) is 30.4. The van der Waals surface area contributed by atoms with Crippen LogP contribution >= 0.6 is 0 Å². The van der Waals surface area contributed by atoms with Crippen LogP contribution in [0.4, 0.5) is 0 Å². The molecule has 0 aliphatic carbocycles. The molecule has 3 heterocycles. The molecule has 3 rings (SSSR count). The van der Waals surface area contributed by atoms with E-state index in [4.69, 9.17) is 0 Å². The Labute approximate surface area is 140 Å². The Hall–Kier alpha value is -2.63. The molecule has 2 aromatic rings. The van der Waals surface area contributed by atoms with Crippen LogP contribution in [-0.2, 0) is 7.05 Å². The van der Waals surface area contributed by atoms with E-state index in [-0.39, 0.29) is 17.6 Å². The van der Waals surface area contributed by atoms with Gasteiger partial charge in [-0.05, 0) is 50.5 Å². The number of carboxylic acid groups (broad SMARTS) is 1. The number of hydrogen-bond donors (Lipinski definition) is 1. The number of nitrogens with zero attached hydrogens (tertiary/aromatic N) is 3. The summed E-state index contributed by atoms with van der Waals surface area (Å²) in [7, 11) is 1.74. The first-order valence-electron chi connectivity index (χ1n) is 8.12. The first-order valence-corrected chi connectivity index (χ1v) is 8.12. The van der Waals surface area contributed by atoms with Crippen molar-refractivity contribution in [3.63, 3.8) is 0 Å². The zero-order chi connectivity index (χ0) is 17.3. The van der Waals surface area contributed by atoms with Crippen LogP contribution in [0.15, 0.2) is 30.3 Å². The smallest absolute Gasteiger partial charge is 0.352 e. The van der Waals surface area contributed by atoms with Crippen LogP contribution in [0.3, 0.4) is 0 Å². The lowest BCUT2D eigenvalue weighted by Crippen LogP contribution is -2.39. The van der Waals surface area contributed by atoms with E-state index in [2.05, 4.69) is 4.98 Å². The van der Waals surface area contributed by atoms with E-state index < -0.39 is 5.97 Å². The van der Waals surface area contributed by atoms with Gasteiger partial charge in [-0.3, -0.25) is 4.79 Å².